The van der Waals surface area contributed by atoms with Crippen molar-refractivity contribution in [2.45, 2.75) is 33.3 Å². The quantitative estimate of drug-likeness (QED) is 0.817. The molecule has 0 aliphatic rings. The molecule has 1 heterocycles. The first-order valence-electron chi connectivity index (χ1n) is 8.01. The molecule has 5 nitrogen and oxygen atoms in total. The Labute approximate surface area is 142 Å². The molecule has 0 bridgehead atoms. The van der Waals surface area contributed by atoms with Crippen LogP contribution in [0, 0.1) is 5.41 Å². The van der Waals surface area contributed by atoms with Gasteiger partial charge in [0.2, 0.25) is 5.88 Å². The minimum absolute atomic E-state index is 0.173. The fraction of sp³-hybridized carbons (Fsp3) is 0.368. The molecule has 24 heavy (non-hydrogen) atoms. The zero-order chi connectivity index (χ0) is 17.6. The highest BCUT2D eigenvalue weighted by Crippen LogP contribution is 2.22. The van der Waals surface area contributed by atoms with Crippen molar-refractivity contribution in [1.29, 1.82) is 0 Å². The maximum atomic E-state index is 12.2. The van der Waals surface area contributed by atoms with Gasteiger partial charge in [-0.15, -0.1) is 0 Å². The molecule has 0 saturated heterocycles. The zero-order valence-electron chi connectivity index (χ0n) is 14.3. The van der Waals surface area contributed by atoms with Gasteiger partial charge in [0.1, 0.15) is 5.75 Å². The number of benzene rings is 1. The fourth-order valence-electron chi connectivity index (χ4n) is 2.48. The van der Waals surface area contributed by atoms with Gasteiger partial charge in [-0.1, -0.05) is 32.0 Å². The molecule has 5 heteroatoms. The van der Waals surface area contributed by atoms with Crippen LogP contribution < -0.4 is 10.1 Å². The third-order valence-corrected chi connectivity index (χ3v) is 3.54. The van der Waals surface area contributed by atoms with Crippen LogP contribution in [0.2, 0.25) is 0 Å². The standard InChI is InChI=1S/C19H24N2O3/c1-14(22)11-19(2,3)13-21-18(23)15-9-10-17(20-12-15)24-16-7-5-4-6-8-16/h4-10,12,14,22H,11,13H2,1-3H3,(H,21,23). The van der Waals surface area contributed by atoms with Crippen molar-refractivity contribution in [3.05, 3.63) is 54.2 Å². The molecule has 0 aliphatic carbocycles. The smallest absolute Gasteiger partial charge is 0.252 e. The van der Waals surface area contributed by atoms with Crippen molar-refractivity contribution in [1.82, 2.24) is 10.3 Å². The minimum atomic E-state index is -0.395. The Morgan fingerprint density at radius 3 is 2.54 bits per heavy atom. The van der Waals surface area contributed by atoms with Gasteiger partial charge in [0.25, 0.3) is 5.91 Å². The molecule has 2 aromatic rings. The Morgan fingerprint density at radius 2 is 1.96 bits per heavy atom. The van der Waals surface area contributed by atoms with Crippen molar-refractivity contribution in [3.8, 4) is 11.6 Å². The molecule has 1 aromatic heterocycles. The largest absolute Gasteiger partial charge is 0.439 e. The number of carbonyl (C=O) groups excluding carboxylic acids is 1. The normalized spacial score (nSPS) is 12.5. The molecule has 0 aliphatic heterocycles. The van der Waals surface area contributed by atoms with Crippen molar-refractivity contribution >= 4 is 5.91 Å². The van der Waals surface area contributed by atoms with E-state index in [1.54, 1.807) is 19.1 Å². The lowest BCUT2D eigenvalue weighted by Gasteiger charge is -2.26. The number of para-hydroxylation sites is 1. The van der Waals surface area contributed by atoms with E-state index < -0.39 is 6.10 Å². The van der Waals surface area contributed by atoms with Crippen LogP contribution in [-0.2, 0) is 0 Å². The van der Waals surface area contributed by atoms with Gasteiger partial charge in [-0.25, -0.2) is 4.98 Å². The maximum absolute atomic E-state index is 12.2. The number of amides is 1. The minimum Gasteiger partial charge on any atom is -0.439 e. The molecule has 1 atom stereocenters. The van der Waals surface area contributed by atoms with E-state index in [2.05, 4.69) is 10.3 Å². The molecule has 1 amide bonds. The van der Waals surface area contributed by atoms with Gasteiger partial charge >= 0.3 is 0 Å². The van der Waals surface area contributed by atoms with Crippen LogP contribution in [0.3, 0.4) is 0 Å². The van der Waals surface area contributed by atoms with Crippen molar-refractivity contribution < 1.29 is 14.6 Å². The number of aromatic nitrogens is 1. The molecular weight excluding hydrogens is 304 g/mol. The Kier molecular flexibility index (Phi) is 5.93. The molecule has 2 rings (SSSR count). The lowest BCUT2D eigenvalue weighted by Crippen LogP contribution is -2.35. The monoisotopic (exact) mass is 328 g/mol. The Balaban J connectivity index is 1.91. The summed E-state index contributed by atoms with van der Waals surface area (Å²) in [6, 6.07) is 12.7. The van der Waals surface area contributed by atoms with E-state index in [0.29, 0.717) is 30.2 Å². The average molecular weight is 328 g/mol. The Bertz CT molecular complexity index is 652. The van der Waals surface area contributed by atoms with E-state index in [0.717, 1.165) is 0 Å². The second-order valence-corrected chi connectivity index (χ2v) is 6.70. The van der Waals surface area contributed by atoms with Crippen LogP contribution in [0.1, 0.15) is 37.6 Å². The predicted octanol–water partition coefficient (Wildman–Crippen LogP) is 3.40. The van der Waals surface area contributed by atoms with Crippen molar-refractivity contribution in [2.24, 2.45) is 5.41 Å². The Morgan fingerprint density at radius 1 is 1.25 bits per heavy atom. The molecule has 1 aromatic carbocycles. The van der Waals surface area contributed by atoms with E-state index in [-0.39, 0.29) is 11.3 Å². The summed E-state index contributed by atoms with van der Waals surface area (Å²) in [6.45, 7) is 6.25. The molecule has 0 saturated carbocycles. The van der Waals surface area contributed by atoms with Crippen LogP contribution in [0.15, 0.2) is 48.7 Å². The van der Waals surface area contributed by atoms with Gasteiger partial charge in [-0.2, -0.15) is 0 Å². The lowest BCUT2D eigenvalue weighted by molar-refractivity contribution is 0.0901. The Hall–Kier alpha value is -2.40. The number of hydrogen-bond acceptors (Lipinski definition) is 4. The first kappa shape index (κ1) is 17.9. The highest BCUT2D eigenvalue weighted by atomic mass is 16.5. The van der Waals surface area contributed by atoms with Gasteiger partial charge < -0.3 is 15.2 Å². The second kappa shape index (κ2) is 7.93. The van der Waals surface area contributed by atoms with E-state index in [4.69, 9.17) is 4.74 Å². The van der Waals surface area contributed by atoms with Crippen LogP contribution >= 0.6 is 0 Å². The van der Waals surface area contributed by atoms with Crippen LogP contribution in [0.25, 0.3) is 0 Å². The molecule has 2 N–H and O–H groups in total. The third kappa shape index (κ3) is 5.66. The summed E-state index contributed by atoms with van der Waals surface area (Å²) in [5.74, 6) is 0.946. The van der Waals surface area contributed by atoms with Gasteiger partial charge in [-0.3, -0.25) is 4.79 Å². The van der Waals surface area contributed by atoms with Crippen molar-refractivity contribution in [2.75, 3.05) is 6.54 Å². The van der Waals surface area contributed by atoms with Crippen molar-refractivity contribution in [3.63, 3.8) is 0 Å². The van der Waals surface area contributed by atoms with Crippen LogP contribution in [0.4, 0.5) is 0 Å². The number of rotatable bonds is 7. The summed E-state index contributed by atoms with van der Waals surface area (Å²) >= 11 is 0. The van der Waals surface area contributed by atoms with Crippen LogP contribution in [0.5, 0.6) is 11.6 Å². The van der Waals surface area contributed by atoms with Gasteiger partial charge in [0, 0.05) is 18.8 Å². The van der Waals surface area contributed by atoms with E-state index in [9.17, 15) is 9.90 Å². The topological polar surface area (TPSA) is 71.5 Å². The number of hydrogen-bond donors (Lipinski definition) is 2. The number of aliphatic hydroxyl groups excluding tert-OH is 1. The van der Waals surface area contributed by atoms with E-state index in [1.807, 2.05) is 44.2 Å². The third-order valence-electron chi connectivity index (χ3n) is 3.54. The summed E-state index contributed by atoms with van der Waals surface area (Å²) in [5.41, 5.74) is 0.302. The molecule has 1 unspecified atom stereocenters. The maximum Gasteiger partial charge on any atom is 0.252 e. The number of nitrogens with one attached hydrogen (secondary N) is 1. The summed E-state index contributed by atoms with van der Waals surface area (Å²) in [6.07, 6.45) is 1.72. The van der Waals surface area contributed by atoms with E-state index >= 15 is 0 Å². The molecule has 0 spiro atoms. The van der Waals surface area contributed by atoms with Gasteiger partial charge in [-0.05, 0) is 37.0 Å². The summed E-state index contributed by atoms with van der Waals surface area (Å²) in [4.78, 5) is 16.4. The number of pyridine rings is 1. The summed E-state index contributed by atoms with van der Waals surface area (Å²) in [5, 5.41) is 12.4. The van der Waals surface area contributed by atoms with Gasteiger partial charge in [0.05, 0.1) is 11.7 Å². The number of ether oxygens (including phenoxy) is 1. The molecule has 128 valence electrons. The number of carbonyl (C=O) groups is 1. The second-order valence-electron chi connectivity index (χ2n) is 6.70. The zero-order valence-corrected chi connectivity index (χ0v) is 14.3. The first-order valence-corrected chi connectivity index (χ1v) is 8.01. The van der Waals surface area contributed by atoms with Crippen LogP contribution in [-0.4, -0.2) is 28.6 Å². The predicted molar refractivity (Wildman–Crippen MR) is 93.2 cm³/mol. The number of nitrogens with zero attached hydrogens (tertiary/aromatic N) is 1. The van der Waals surface area contributed by atoms with Gasteiger partial charge in [0.15, 0.2) is 0 Å². The highest BCUT2D eigenvalue weighted by molar-refractivity contribution is 5.93. The average Bonchev–Trinajstić information content (AvgIpc) is 2.53. The summed E-state index contributed by atoms with van der Waals surface area (Å²) in [7, 11) is 0. The molecule has 0 radical (unpaired) electrons. The summed E-state index contributed by atoms with van der Waals surface area (Å²) < 4.78 is 5.60. The molecular formula is C19H24N2O3. The fourth-order valence-corrected chi connectivity index (χ4v) is 2.48. The lowest BCUT2D eigenvalue weighted by atomic mass is 9.87. The highest BCUT2D eigenvalue weighted by Gasteiger charge is 2.21. The SMILES string of the molecule is CC(O)CC(C)(C)CNC(=O)c1ccc(Oc2ccccc2)nc1. The number of aliphatic hydroxyl groups is 1. The van der Waals surface area contributed by atoms with E-state index in [1.165, 1.54) is 6.20 Å². The first-order chi connectivity index (χ1) is 11.4. The molecule has 0 fully saturated rings.